The zero-order valence-electron chi connectivity index (χ0n) is 22.1. The maximum Gasteiger partial charge on any atom is -1.00 e. The van der Waals surface area contributed by atoms with E-state index in [9.17, 15) is 0 Å². The normalized spacial score (nSPS) is 16.1. The van der Waals surface area contributed by atoms with Crippen molar-refractivity contribution < 1.29 is 46.1 Å². The summed E-state index contributed by atoms with van der Waals surface area (Å²) in [7, 11) is 0. The van der Waals surface area contributed by atoms with Gasteiger partial charge in [0.2, 0.25) is 0 Å². The van der Waals surface area contributed by atoms with E-state index in [1.807, 2.05) is 12.2 Å². The minimum atomic E-state index is -2.41. The smallest absolute Gasteiger partial charge is 1.00 e. The van der Waals surface area contributed by atoms with Gasteiger partial charge in [-0.25, -0.2) is 0 Å². The molecule has 0 amide bonds. The van der Waals surface area contributed by atoms with Gasteiger partial charge in [0.05, 0.1) is 0 Å². The fourth-order valence-corrected chi connectivity index (χ4v) is 13.6. The second-order valence-corrected chi connectivity index (χ2v) is 16.6. The molecule has 0 aromatic heterocycles. The van der Waals surface area contributed by atoms with Gasteiger partial charge in [-0.3, -0.25) is 0 Å². The Hall–Kier alpha value is -2.05. The van der Waals surface area contributed by atoms with Crippen LogP contribution in [0, 0.1) is 11.3 Å². The predicted molar refractivity (Wildman–Crippen MR) is 150 cm³/mol. The molecule has 0 bridgehead atoms. The van der Waals surface area contributed by atoms with E-state index in [2.05, 4.69) is 123 Å². The Balaban J connectivity index is 0.00000190. The Morgan fingerprint density at radius 2 is 1.30 bits per heavy atom. The van der Waals surface area contributed by atoms with Gasteiger partial charge in [0.1, 0.15) is 0 Å². The van der Waals surface area contributed by atoms with Crippen LogP contribution in [0.4, 0.5) is 0 Å². The van der Waals surface area contributed by atoms with E-state index in [4.69, 9.17) is 0 Å². The second kappa shape index (κ2) is 11.8. The van der Waals surface area contributed by atoms with Crippen molar-refractivity contribution in [1.82, 2.24) is 0 Å². The topological polar surface area (TPSA) is 0 Å². The van der Waals surface area contributed by atoms with Crippen LogP contribution in [0.2, 0.25) is 0 Å². The van der Waals surface area contributed by atoms with E-state index in [1.165, 1.54) is 44.5 Å². The number of halogens is 2. The summed E-state index contributed by atoms with van der Waals surface area (Å²) < 4.78 is 4.85. The van der Waals surface area contributed by atoms with Crippen LogP contribution < -0.4 is 24.8 Å². The molecule has 0 saturated heterocycles. The average molecular weight is 605 g/mol. The summed E-state index contributed by atoms with van der Waals surface area (Å²) in [5.74, 6) is 0.492. The fourth-order valence-electron chi connectivity index (χ4n) is 5.46. The summed E-state index contributed by atoms with van der Waals surface area (Å²) >= 11 is -2.41. The van der Waals surface area contributed by atoms with E-state index in [0.717, 1.165) is 0 Å². The average Bonchev–Trinajstić information content (AvgIpc) is 3.40. The van der Waals surface area contributed by atoms with Crippen LogP contribution in [0.5, 0.6) is 0 Å². The van der Waals surface area contributed by atoms with Crippen LogP contribution in [0.1, 0.15) is 59.1 Å². The van der Waals surface area contributed by atoms with E-state index in [1.54, 1.807) is 3.28 Å². The zero-order chi connectivity index (χ0) is 24.7. The van der Waals surface area contributed by atoms with E-state index in [-0.39, 0.29) is 30.2 Å². The zero-order valence-corrected chi connectivity index (χ0v) is 26.0. The third-order valence-corrected chi connectivity index (χ3v) is 15.2. The first-order chi connectivity index (χ1) is 16.8. The predicted octanol–water partition coefficient (Wildman–Crippen LogP) is 3.03. The molecule has 0 nitrogen and oxygen atoms in total. The monoisotopic (exact) mass is 602 g/mol. The number of fused-ring (bicyclic) bond motifs is 3. The summed E-state index contributed by atoms with van der Waals surface area (Å²) in [5.41, 5.74) is 11.1. The summed E-state index contributed by atoms with van der Waals surface area (Å²) in [6.07, 6.45) is 9.02. The first-order valence-corrected chi connectivity index (χ1v) is 16.6. The Morgan fingerprint density at radius 3 is 1.76 bits per heavy atom. The molecule has 37 heavy (non-hydrogen) atoms. The molecule has 0 N–H and O–H groups in total. The van der Waals surface area contributed by atoms with Crippen LogP contribution in [-0.4, -0.2) is 3.71 Å². The third kappa shape index (κ3) is 5.70. The minimum absolute atomic E-state index is 0. The maximum absolute atomic E-state index is 4.03. The number of allylic oxidation sites excluding steroid dienone is 4. The van der Waals surface area contributed by atoms with Gasteiger partial charge in [-0.15, -0.1) is 0 Å². The van der Waals surface area contributed by atoms with Crippen molar-refractivity contribution in [3.63, 3.8) is 0 Å². The molecular formula is C34H34Cl2Zr. The molecule has 2 aliphatic carbocycles. The first-order valence-electron chi connectivity index (χ1n) is 12.5. The fraction of sp³-hybridized carbons (Fsp3) is 0.206. The van der Waals surface area contributed by atoms with Crippen LogP contribution in [0.15, 0.2) is 101 Å². The molecule has 0 heterocycles. The number of rotatable bonds is 5. The molecule has 3 heteroatoms. The van der Waals surface area contributed by atoms with Crippen molar-refractivity contribution in [3.8, 4) is 11.1 Å². The van der Waals surface area contributed by atoms with Crippen LogP contribution >= 0.6 is 0 Å². The molecule has 1 unspecified atom stereocenters. The van der Waals surface area contributed by atoms with Crippen molar-refractivity contribution in [1.29, 1.82) is 0 Å². The molecule has 0 radical (unpaired) electrons. The largest absolute Gasteiger partial charge is 1.00 e. The molecular weight excluding hydrogens is 571 g/mol. The maximum atomic E-state index is 4.03. The quantitative estimate of drug-likeness (QED) is 0.420. The van der Waals surface area contributed by atoms with Gasteiger partial charge in [-0.05, 0) is 0 Å². The number of benzene rings is 3. The van der Waals surface area contributed by atoms with Crippen molar-refractivity contribution >= 4 is 15.9 Å². The van der Waals surface area contributed by atoms with Gasteiger partial charge >= 0.3 is 220 Å². The second-order valence-electron chi connectivity index (χ2n) is 10.8. The molecule has 3 aromatic carbocycles. The van der Waals surface area contributed by atoms with Crippen LogP contribution in [0.25, 0.3) is 23.3 Å². The minimum Gasteiger partial charge on any atom is -1.00 e. The Labute approximate surface area is 242 Å². The molecule has 1 atom stereocenters. The molecule has 0 spiro atoms. The third-order valence-electron chi connectivity index (χ3n) is 7.40. The van der Waals surface area contributed by atoms with Gasteiger partial charge in [0.15, 0.2) is 0 Å². The Kier molecular flexibility index (Phi) is 9.39. The molecule has 5 rings (SSSR count). The molecule has 188 valence electrons. The molecule has 0 saturated carbocycles. The van der Waals surface area contributed by atoms with E-state index < -0.39 is 21.3 Å². The Morgan fingerprint density at radius 1 is 0.757 bits per heavy atom. The van der Waals surface area contributed by atoms with Gasteiger partial charge in [-0.1, -0.05) is 0 Å². The summed E-state index contributed by atoms with van der Waals surface area (Å²) in [6.45, 7) is 17.5. The van der Waals surface area contributed by atoms with Crippen molar-refractivity contribution in [2.24, 2.45) is 11.3 Å². The van der Waals surface area contributed by atoms with Crippen molar-refractivity contribution in [3.05, 3.63) is 129 Å². The summed E-state index contributed by atoms with van der Waals surface area (Å²) in [5, 5.41) is 0. The SMILES string of the molecule is C=Cc1ccc2c(c1)-c1cc(C=C)ccc1[CH]2/[Zr+2](=[CH]/c1ccccc1)[C]1=CC(C(C)(C)C)=CC1C.[Cl-].[Cl-]. The molecule has 2 aliphatic rings. The van der Waals surface area contributed by atoms with Gasteiger partial charge in [0, 0.05) is 0 Å². The molecule has 0 aliphatic heterocycles. The number of hydrogen-bond donors (Lipinski definition) is 0. The number of hydrogen-bond acceptors (Lipinski definition) is 0. The van der Waals surface area contributed by atoms with E-state index >= 15 is 0 Å². The van der Waals surface area contributed by atoms with Crippen LogP contribution in [-0.2, 0) is 21.3 Å². The van der Waals surface area contributed by atoms with Gasteiger partial charge in [0.25, 0.3) is 0 Å². The summed E-state index contributed by atoms with van der Waals surface area (Å²) in [6, 6.07) is 24.9. The molecule has 3 aromatic rings. The van der Waals surface area contributed by atoms with Crippen molar-refractivity contribution in [2.75, 3.05) is 0 Å². The van der Waals surface area contributed by atoms with Crippen molar-refractivity contribution in [2.45, 2.75) is 31.3 Å². The standard InChI is InChI=1S/C17H13.C10H15.C7H6.2ClH.Zr/c1-3-12-5-7-14-11-15-8-6-13(4-2)10-17(15)16(14)9-12;1-8-5-6-9(7-8)10(2,3)4;1-7-5-3-2-4-6-7;;;/h3-11H,1-2H2;6-8H,1-4H3;1-6H;2*1H;/q;;;;;+2/p-2. The first kappa shape index (κ1) is 29.5. The Bertz CT molecular complexity index is 1360. The molecule has 0 fully saturated rings. The van der Waals surface area contributed by atoms with Crippen LogP contribution in [0.3, 0.4) is 0 Å². The summed E-state index contributed by atoms with van der Waals surface area (Å²) in [4.78, 5) is 0. The van der Waals surface area contributed by atoms with E-state index in [0.29, 0.717) is 9.54 Å². The van der Waals surface area contributed by atoms with Gasteiger partial charge in [-0.2, -0.15) is 0 Å². The van der Waals surface area contributed by atoms with Gasteiger partial charge < -0.3 is 24.8 Å².